The number of rotatable bonds is 2. The first-order valence-electron chi connectivity index (χ1n) is 7.09. The molecular weight excluding hydrogens is 350 g/mol. The standard InChI is InChI=1S/C17H12F6O2/c1-10(11-7-8-13-12(11)5-2-6-14(13)24)4-3-9-15(25,16(18,19)20)17(21,22)23/h2,5-8,10,25H,4H2,1H3. The second kappa shape index (κ2) is 6.23. The predicted octanol–water partition coefficient (Wildman–Crippen LogP) is 3.80. The van der Waals surface area contributed by atoms with Gasteiger partial charge in [0.05, 0.1) is 0 Å². The lowest BCUT2D eigenvalue weighted by atomic mass is 9.87. The number of fused-ring (bicyclic) bond motifs is 1. The largest absolute Gasteiger partial charge is 0.438 e. The molecule has 0 amide bonds. The van der Waals surface area contributed by atoms with Crippen molar-refractivity contribution >= 4 is 5.78 Å². The SMILES string of the molecule is CC(CC#CC(O)(C(F)(F)F)C(F)(F)F)C1=CC=C2C(=O)C=CC=C21. The summed E-state index contributed by atoms with van der Waals surface area (Å²) in [5.41, 5.74) is -3.50. The van der Waals surface area contributed by atoms with Crippen LogP contribution in [0.1, 0.15) is 13.3 Å². The van der Waals surface area contributed by atoms with E-state index in [1.54, 1.807) is 31.1 Å². The van der Waals surface area contributed by atoms with Crippen LogP contribution in [0, 0.1) is 17.8 Å². The van der Waals surface area contributed by atoms with Crippen molar-refractivity contribution in [3.05, 3.63) is 47.1 Å². The number of hydrogen-bond donors (Lipinski definition) is 1. The predicted molar refractivity (Wildman–Crippen MR) is 77.0 cm³/mol. The summed E-state index contributed by atoms with van der Waals surface area (Å²) < 4.78 is 75.3. The molecule has 2 aliphatic carbocycles. The van der Waals surface area contributed by atoms with Crippen molar-refractivity contribution in [1.29, 1.82) is 0 Å². The molecule has 0 saturated carbocycles. The lowest BCUT2D eigenvalue weighted by Crippen LogP contribution is -2.55. The Morgan fingerprint density at radius 3 is 2.20 bits per heavy atom. The normalized spacial score (nSPS) is 18.7. The first-order valence-corrected chi connectivity index (χ1v) is 7.09. The molecule has 0 aromatic carbocycles. The first-order chi connectivity index (χ1) is 11.4. The Bertz CT molecular complexity index is 752. The third-order valence-corrected chi connectivity index (χ3v) is 3.84. The van der Waals surface area contributed by atoms with E-state index in [1.165, 1.54) is 12.2 Å². The van der Waals surface area contributed by atoms with Gasteiger partial charge >= 0.3 is 18.0 Å². The average molecular weight is 362 g/mol. The molecule has 1 atom stereocenters. The molecule has 0 radical (unpaired) electrons. The summed E-state index contributed by atoms with van der Waals surface area (Å²) in [6.07, 6.45) is -4.66. The minimum absolute atomic E-state index is 0.231. The quantitative estimate of drug-likeness (QED) is 0.599. The number of carbonyl (C=O) groups excluding carboxylic acids is 1. The van der Waals surface area contributed by atoms with Crippen molar-refractivity contribution in [2.75, 3.05) is 0 Å². The van der Waals surface area contributed by atoms with Gasteiger partial charge in [-0.15, -0.1) is 0 Å². The Balaban J connectivity index is 2.18. The van der Waals surface area contributed by atoms with Crippen molar-refractivity contribution in [3.8, 4) is 11.8 Å². The number of alkyl halides is 6. The maximum Gasteiger partial charge on any atom is 0.438 e. The lowest BCUT2D eigenvalue weighted by Gasteiger charge is -2.27. The lowest BCUT2D eigenvalue weighted by molar-refractivity contribution is -0.343. The monoisotopic (exact) mass is 362 g/mol. The van der Waals surface area contributed by atoms with Gasteiger partial charge in [0.1, 0.15) is 0 Å². The molecule has 0 fully saturated rings. The number of hydrogen-bond acceptors (Lipinski definition) is 2. The van der Waals surface area contributed by atoms with Crippen LogP contribution >= 0.6 is 0 Å². The highest BCUT2D eigenvalue weighted by atomic mass is 19.4. The molecule has 2 rings (SSSR count). The van der Waals surface area contributed by atoms with Gasteiger partial charge in [-0.1, -0.05) is 37.1 Å². The van der Waals surface area contributed by atoms with Crippen LogP contribution in [0.5, 0.6) is 0 Å². The second-order valence-electron chi connectivity index (χ2n) is 5.62. The van der Waals surface area contributed by atoms with Crippen LogP contribution in [-0.2, 0) is 4.79 Å². The molecule has 0 bridgehead atoms. The first kappa shape index (κ1) is 19.1. The van der Waals surface area contributed by atoms with E-state index >= 15 is 0 Å². The van der Waals surface area contributed by atoms with E-state index < -0.39 is 23.9 Å². The van der Waals surface area contributed by atoms with Crippen LogP contribution in [0.4, 0.5) is 26.3 Å². The molecule has 0 saturated heterocycles. The Labute approximate surface area is 139 Å². The van der Waals surface area contributed by atoms with E-state index in [4.69, 9.17) is 5.11 Å². The molecule has 2 nitrogen and oxygen atoms in total. The van der Waals surface area contributed by atoms with Crippen LogP contribution in [0.15, 0.2) is 47.1 Å². The summed E-state index contributed by atoms with van der Waals surface area (Å²) in [6, 6.07) is 0. The molecule has 0 aromatic rings. The minimum Gasteiger partial charge on any atom is -0.363 e. The fourth-order valence-corrected chi connectivity index (χ4v) is 2.40. The van der Waals surface area contributed by atoms with Crippen LogP contribution in [0.3, 0.4) is 0 Å². The molecule has 2 aliphatic rings. The van der Waals surface area contributed by atoms with Crippen LogP contribution in [-0.4, -0.2) is 28.8 Å². The molecule has 0 aromatic heterocycles. The molecule has 0 heterocycles. The topological polar surface area (TPSA) is 37.3 Å². The fourth-order valence-electron chi connectivity index (χ4n) is 2.40. The van der Waals surface area contributed by atoms with Crippen molar-refractivity contribution in [3.63, 3.8) is 0 Å². The van der Waals surface area contributed by atoms with Gasteiger partial charge in [-0.05, 0) is 29.1 Å². The Morgan fingerprint density at radius 2 is 1.64 bits per heavy atom. The van der Waals surface area contributed by atoms with E-state index in [2.05, 4.69) is 0 Å². The fraction of sp³-hybridized carbons (Fsp3) is 0.353. The summed E-state index contributed by atoms with van der Waals surface area (Å²) in [5.74, 6) is 1.95. The zero-order valence-electron chi connectivity index (χ0n) is 12.8. The molecule has 0 spiro atoms. The van der Waals surface area contributed by atoms with Gasteiger partial charge in [0.15, 0.2) is 5.78 Å². The van der Waals surface area contributed by atoms with Gasteiger partial charge in [0.25, 0.3) is 0 Å². The average Bonchev–Trinajstić information content (AvgIpc) is 2.90. The molecule has 8 heteroatoms. The molecular formula is C17H12F6O2. The smallest absolute Gasteiger partial charge is 0.363 e. The van der Waals surface area contributed by atoms with Crippen LogP contribution < -0.4 is 0 Å². The van der Waals surface area contributed by atoms with Gasteiger partial charge in [0.2, 0.25) is 0 Å². The number of halogens is 6. The zero-order valence-corrected chi connectivity index (χ0v) is 12.8. The van der Waals surface area contributed by atoms with E-state index in [-0.39, 0.29) is 12.2 Å². The molecule has 1 unspecified atom stereocenters. The Morgan fingerprint density at radius 1 is 1.04 bits per heavy atom. The van der Waals surface area contributed by atoms with Crippen molar-refractivity contribution in [1.82, 2.24) is 0 Å². The number of ketones is 1. The van der Waals surface area contributed by atoms with Gasteiger partial charge < -0.3 is 5.11 Å². The van der Waals surface area contributed by atoms with E-state index in [0.29, 0.717) is 16.7 Å². The third-order valence-electron chi connectivity index (χ3n) is 3.84. The number of allylic oxidation sites excluding steroid dienone is 8. The van der Waals surface area contributed by atoms with Gasteiger partial charge in [-0.25, -0.2) is 0 Å². The highest BCUT2D eigenvalue weighted by Crippen LogP contribution is 2.42. The maximum atomic E-state index is 12.5. The minimum atomic E-state index is -5.97. The zero-order chi connectivity index (χ0) is 19.0. The summed E-state index contributed by atoms with van der Waals surface area (Å²) in [5, 5.41) is 8.97. The van der Waals surface area contributed by atoms with E-state index in [0.717, 1.165) is 5.92 Å². The van der Waals surface area contributed by atoms with Crippen molar-refractivity contribution in [2.45, 2.75) is 31.3 Å². The Kier molecular flexibility index (Phi) is 4.75. The van der Waals surface area contributed by atoms with Crippen LogP contribution in [0.2, 0.25) is 0 Å². The van der Waals surface area contributed by atoms with E-state index in [9.17, 15) is 31.1 Å². The molecule has 0 aliphatic heterocycles. The van der Waals surface area contributed by atoms with E-state index in [1.807, 2.05) is 0 Å². The Hall–Kier alpha value is -2.27. The van der Waals surface area contributed by atoms with Crippen molar-refractivity contribution < 1.29 is 36.2 Å². The highest BCUT2D eigenvalue weighted by molar-refractivity contribution is 6.10. The maximum absolute atomic E-state index is 12.5. The molecule has 25 heavy (non-hydrogen) atoms. The summed E-state index contributed by atoms with van der Waals surface area (Å²) in [6.45, 7) is 1.56. The summed E-state index contributed by atoms with van der Waals surface area (Å²) in [7, 11) is 0. The van der Waals surface area contributed by atoms with Crippen LogP contribution in [0.25, 0.3) is 0 Å². The third kappa shape index (κ3) is 3.42. The molecule has 1 N–H and O–H groups in total. The molecule has 134 valence electrons. The second-order valence-corrected chi connectivity index (χ2v) is 5.62. The summed E-state index contributed by atoms with van der Waals surface area (Å²) >= 11 is 0. The summed E-state index contributed by atoms with van der Waals surface area (Å²) in [4.78, 5) is 11.7. The van der Waals surface area contributed by atoms with Gasteiger partial charge in [0, 0.05) is 12.0 Å². The number of carbonyl (C=O) groups is 1. The van der Waals surface area contributed by atoms with Gasteiger partial charge in [-0.3, -0.25) is 4.79 Å². The number of aliphatic hydroxyl groups is 1. The van der Waals surface area contributed by atoms with Gasteiger partial charge in [-0.2, -0.15) is 26.3 Å². The highest BCUT2D eigenvalue weighted by Gasteiger charge is 2.70. The van der Waals surface area contributed by atoms with Crippen molar-refractivity contribution in [2.24, 2.45) is 5.92 Å².